The molecular formula is C22H23N3O3. The predicted molar refractivity (Wildman–Crippen MR) is 108 cm³/mol. The maximum atomic E-state index is 12.0. The number of hydrogen-bond donors (Lipinski definition) is 1. The van der Waals surface area contributed by atoms with Crippen molar-refractivity contribution in [3.8, 4) is 11.8 Å². The third-order valence-corrected chi connectivity index (χ3v) is 4.39. The number of amides is 1. The molecule has 0 radical (unpaired) electrons. The van der Waals surface area contributed by atoms with Crippen molar-refractivity contribution in [3.63, 3.8) is 0 Å². The molecule has 1 fully saturated rings. The van der Waals surface area contributed by atoms with Crippen LogP contribution < -0.4 is 15.0 Å². The Morgan fingerprint density at radius 1 is 1.14 bits per heavy atom. The molecule has 2 aromatic carbocycles. The van der Waals surface area contributed by atoms with Gasteiger partial charge in [-0.1, -0.05) is 24.3 Å². The second-order valence-electron chi connectivity index (χ2n) is 6.33. The Bertz CT molecular complexity index is 833. The molecule has 144 valence electrons. The van der Waals surface area contributed by atoms with Gasteiger partial charge < -0.3 is 19.7 Å². The van der Waals surface area contributed by atoms with Gasteiger partial charge in [0.05, 0.1) is 13.2 Å². The normalized spacial score (nSPS) is 13.9. The first-order valence-electron chi connectivity index (χ1n) is 9.22. The van der Waals surface area contributed by atoms with E-state index in [1.54, 1.807) is 18.2 Å². The highest BCUT2D eigenvalue weighted by molar-refractivity contribution is 5.91. The highest BCUT2D eigenvalue weighted by Gasteiger charge is 2.10. The van der Waals surface area contributed by atoms with Gasteiger partial charge in [-0.2, -0.15) is 5.26 Å². The third kappa shape index (κ3) is 5.86. The first-order valence-corrected chi connectivity index (χ1v) is 9.22. The van der Waals surface area contributed by atoms with Crippen LogP contribution in [0, 0.1) is 11.3 Å². The minimum absolute atomic E-state index is 0.0189. The summed E-state index contributed by atoms with van der Waals surface area (Å²) in [5.41, 5.74) is 3.12. The lowest BCUT2D eigenvalue weighted by molar-refractivity contribution is -0.116. The first kappa shape index (κ1) is 19.5. The number of nitrogens with one attached hydrogen (secondary N) is 1. The quantitative estimate of drug-likeness (QED) is 0.751. The van der Waals surface area contributed by atoms with Gasteiger partial charge in [0.1, 0.15) is 11.8 Å². The Morgan fingerprint density at radius 2 is 1.86 bits per heavy atom. The summed E-state index contributed by atoms with van der Waals surface area (Å²) in [6.07, 6.45) is 3.25. The summed E-state index contributed by atoms with van der Waals surface area (Å²) in [7, 11) is 0. The second-order valence-corrected chi connectivity index (χ2v) is 6.33. The fraction of sp³-hybridized carbons (Fsp3) is 0.273. The molecule has 0 unspecified atom stereocenters. The van der Waals surface area contributed by atoms with Crippen molar-refractivity contribution in [1.82, 2.24) is 5.32 Å². The molecular weight excluding hydrogens is 354 g/mol. The van der Waals surface area contributed by atoms with Gasteiger partial charge in [0, 0.05) is 31.4 Å². The number of hydrogen-bond acceptors (Lipinski definition) is 5. The van der Waals surface area contributed by atoms with Gasteiger partial charge in [-0.3, -0.25) is 4.79 Å². The van der Waals surface area contributed by atoms with Crippen molar-refractivity contribution >= 4 is 17.7 Å². The van der Waals surface area contributed by atoms with Gasteiger partial charge >= 0.3 is 0 Å². The van der Waals surface area contributed by atoms with Crippen LogP contribution in [0.15, 0.2) is 54.6 Å². The molecule has 1 saturated heterocycles. The number of ether oxygens (including phenoxy) is 2. The minimum Gasteiger partial charge on any atom is -0.479 e. The van der Waals surface area contributed by atoms with Crippen molar-refractivity contribution in [2.75, 3.05) is 37.8 Å². The van der Waals surface area contributed by atoms with Crippen LogP contribution in [0.5, 0.6) is 5.75 Å². The molecule has 0 atom stereocenters. The van der Waals surface area contributed by atoms with Crippen molar-refractivity contribution in [2.45, 2.75) is 6.54 Å². The van der Waals surface area contributed by atoms with Crippen LogP contribution in [-0.4, -0.2) is 38.8 Å². The van der Waals surface area contributed by atoms with Crippen LogP contribution in [0.1, 0.15) is 11.1 Å². The lowest BCUT2D eigenvalue weighted by atomic mass is 10.2. The molecule has 0 bridgehead atoms. The fourth-order valence-electron chi connectivity index (χ4n) is 2.86. The summed E-state index contributed by atoms with van der Waals surface area (Å²) >= 11 is 0. The molecule has 28 heavy (non-hydrogen) atoms. The summed E-state index contributed by atoms with van der Waals surface area (Å²) in [5.74, 6) is 0.478. The zero-order chi connectivity index (χ0) is 19.6. The second kappa shape index (κ2) is 10.1. The van der Waals surface area contributed by atoms with E-state index in [4.69, 9.17) is 14.7 Å². The maximum absolute atomic E-state index is 12.0. The number of nitriles is 1. The summed E-state index contributed by atoms with van der Waals surface area (Å²) in [5, 5.41) is 11.4. The molecule has 1 aliphatic heterocycles. The fourth-order valence-corrected chi connectivity index (χ4v) is 2.86. The van der Waals surface area contributed by atoms with Gasteiger partial charge in [0.15, 0.2) is 6.61 Å². The van der Waals surface area contributed by atoms with Crippen LogP contribution in [0.25, 0.3) is 6.08 Å². The Hall–Kier alpha value is -3.30. The van der Waals surface area contributed by atoms with Crippen LogP contribution in [0.2, 0.25) is 0 Å². The molecule has 0 aliphatic carbocycles. The smallest absolute Gasteiger partial charge is 0.244 e. The standard InChI is InChI=1S/C22H23N3O3/c23-11-14-28-21-8-3-18(4-9-21)5-10-22(26)24-17-19-1-6-20(7-2-19)25-12-15-27-16-13-25/h1-10H,12-17H2,(H,24,26). The molecule has 2 aromatic rings. The molecule has 1 N–H and O–H groups in total. The van der Waals surface area contributed by atoms with E-state index in [-0.39, 0.29) is 12.5 Å². The largest absolute Gasteiger partial charge is 0.479 e. The zero-order valence-corrected chi connectivity index (χ0v) is 15.6. The molecule has 0 aromatic heterocycles. The third-order valence-electron chi connectivity index (χ3n) is 4.39. The molecule has 6 nitrogen and oxygen atoms in total. The summed E-state index contributed by atoms with van der Waals surface area (Å²) in [6, 6.07) is 17.4. The lowest BCUT2D eigenvalue weighted by Gasteiger charge is -2.28. The van der Waals surface area contributed by atoms with E-state index in [0.717, 1.165) is 37.4 Å². The molecule has 0 saturated carbocycles. The van der Waals surface area contributed by atoms with E-state index in [1.807, 2.05) is 30.3 Å². The van der Waals surface area contributed by atoms with Crippen LogP contribution >= 0.6 is 0 Å². The maximum Gasteiger partial charge on any atom is 0.244 e. The van der Waals surface area contributed by atoms with E-state index in [0.29, 0.717) is 12.3 Å². The average molecular weight is 377 g/mol. The molecule has 1 aliphatic rings. The Balaban J connectivity index is 1.45. The minimum atomic E-state index is -0.151. The van der Waals surface area contributed by atoms with Crippen molar-refractivity contribution in [1.29, 1.82) is 5.26 Å². The predicted octanol–water partition coefficient (Wildman–Crippen LogP) is 2.76. The topological polar surface area (TPSA) is 74.6 Å². The SMILES string of the molecule is N#CCOc1ccc(C=CC(=O)NCc2ccc(N3CCOCC3)cc2)cc1. The highest BCUT2D eigenvalue weighted by Crippen LogP contribution is 2.16. The van der Waals surface area contributed by atoms with Gasteiger partial charge in [-0.05, 0) is 41.5 Å². The van der Waals surface area contributed by atoms with Crippen molar-refractivity contribution < 1.29 is 14.3 Å². The number of nitrogens with zero attached hydrogens (tertiary/aromatic N) is 2. The number of rotatable bonds is 7. The Morgan fingerprint density at radius 3 is 2.54 bits per heavy atom. The number of benzene rings is 2. The number of carbonyl (C=O) groups excluding carboxylic acids is 1. The number of carbonyl (C=O) groups is 1. The van der Waals surface area contributed by atoms with Crippen molar-refractivity contribution in [3.05, 3.63) is 65.7 Å². The van der Waals surface area contributed by atoms with E-state index >= 15 is 0 Å². The van der Waals surface area contributed by atoms with Crippen LogP contribution in [0.4, 0.5) is 5.69 Å². The van der Waals surface area contributed by atoms with E-state index in [1.165, 1.54) is 11.8 Å². The number of anilines is 1. The molecule has 6 heteroatoms. The lowest BCUT2D eigenvalue weighted by Crippen LogP contribution is -2.36. The molecule has 1 heterocycles. The average Bonchev–Trinajstić information content (AvgIpc) is 2.76. The highest BCUT2D eigenvalue weighted by atomic mass is 16.5. The summed E-state index contributed by atoms with van der Waals surface area (Å²) in [6.45, 7) is 3.84. The Kier molecular flexibility index (Phi) is 7.05. The molecule has 1 amide bonds. The van der Waals surface area contributed by atoms with Gasteiger partial charge in [-0.15, -0.1) is 0 Å². The monoisotopic (exact) mass is 377 g/mol. The van der Waals surface area contributed by atoms with Crippen molar-refractivity contribution in [2.24, 2.45) is 0 Å². The van der Waals surface area contributed by atoms with E-state index in [9.17, 15) is 4.79 Å². The molecule has 3 rings (SSSR count). The zero-order valence-electron chi connectivity index (χ0n) is 15.6. The molecule has 0 spiro atoms. The summed E-state index contributed by atoms with van der Waals surface area (Å²) in [4.78, 5) is 14.3. The van der Waals surface area contributed by atoms with Crippen LogP contribution in [-0.2, 0) is 16.1 Å². The summed E-state index contributed by atoms with van der Waals surface area (Å²) < 4.78 is 10.6. The Labute approximate surface area is 165 Å². The number of morpholine rings is 1. The van der Waals surface area contributed by atoms with Gasteiger partial charge in [0.2, 0.25) is 5.91 Å². The van der Waals surface area contributed by atoms with E-state index < -0.39 is 0 Å². The first-order chi connectivity index (χ1) is 13.7. The van der Waals surface area contributed by atoms with Gasteiger partial charge in [-0.25, -0.2) is 0 Å². The van der Waals surface area contributed by atoms with Gasteiger partial charge in [0.25, 0.3) is 0 Å². The van der Waals surface area contributed by atoms with Crippen LogP contribution in [0.3, 0.4) is 0 Å². The van der Waals surface area contributed by atoms with E-state index in [2.05, 4.69) is 22.3 Å².